The van der Waals surface area contributed by atoms with Crippen molar-refractivity contribution in [3.63, 3.8) is 0 Å². The van der Waals surface area contributed by atoms with Crippen LogP contribution in [0.2, 0.25) is 0 Å². The molecule has 0 aliphatic heterocycles. The van der Waals surface area contributed by atoms with E-state index in [-0.39, 0.29) is 18.9 Å². The molecule has 1 aromatic rings. The predicted octanol–water partition coefficient (Wildman–Crippen LogP) is 1.36. The summed E-state index contributed by atoms with van der Waals surface area (Å²) in [6.07, 6.45) is 0.872. The molecule has 1 aromatic heterocycles. The van der Waals surface area contributed by atoms with Crippen LogP contribution in [0.5, 0.6) is 0 Å². The van der Waals surface area contributed by atoms with E-state index in [0.717, 1.165) is 17.0 Å². The molecule has 0 saturated carbocycles. The highest BCUT2D eigenvalue weighted by Crippen LogP contribution is 2.22. The molecule has 2 N–H and O–H groups in total. The predicted molar refractivity (Wildman–Crippen MR) is 74.6 cm³/mol. The first-order chi connectivity index (χ1) is 8.92. The van der Waals surface area contributed by atoms with Crippen molar-refractivity contribution < 1.29 is 14.7 Å². The summed E-state index contributed by atoms with van der Waals surface area (Å²) < 4.78 is 0. The van der Waals surface area contributed by atoms with E-state index in [4.69, 9.17) is 5.11 Å². The molecule has 0 bridgehead atoms. The third kappa shape index (κ3) is 5.35. The first-order valence-corrected chi connectivity index (χ1v) is 6.90. The third-order valence-electron chi connectivity index (χ3n) is 2.59. The van der Waals surface area contributed by atoms with E-state index in [9.17, 15) is 9.59 Å². The molecule has 0 aromatic carbocycles. The standard InChI is InChI=1S/C12H19N3O3S/c1-4-9-8(2)19-12(13-9)14-10(16)7-15(3)6-5-11(17)18/h4-7H2,1-3H3,(H,17,18)(H,13,14,16). The molecule has 0 unspecified atom stereocenters. The van der Waals surface area contributed by atoms with Crippen LogP contribution in [0, 0.1) is 6.92 Å². The summed E-state index contributed by atoms with van der Waals surface area (Å²) in [4.78, 5) is 29.3. The molecule has 7 heteroatoms. The van der Waals surface area contributed by atoms with Gasteiger partial charge in [0.05, 0.1) is 18.7 Å². The van der Waals surface area contributed by atoms with Crippen molar-refractivity contribution in [3.05, 3.63) is 10.6 Å². The van der Waals surface area contributed by atoms with Crippen LogP contribution in [0.3, 0.4) is 0 Å². The molecule has 1 rings (SSSR count). The van der Waals surface area contributed by atoms with Gasteiger partial charge < -0.3 is 10.4 Å². The van der Waals surface area contributed by atoms with Crippen molar-refractivity contribution in [2.24, 2.45) is 0 Å². The maximum atomic E-state index is 11.7. The number of thiazole rings is 1. The van der Waals surface area contributed by atoms with Gasteiger partial charge in [0.1, 0.15) is 0 Å². The quantitative estimate of drug-likeness (QED) is 0.790. The lowest BCUT2D eigenvalue weighted by atomic mass is 10.3. The second-order valence-corrected chi connectivity index (χ2v) is 5.51. The van der Waals surface area contributed by atoms with Crippen molar-refractivity contribution >= 4 is 28.3 Å². The van der Waals surface area contributed by atoms with Crippen molar-refractivity contribution in [1.29, 1.82) is 0 Å². The number of amides is 1. The minimum Gasteiger partial charge on any atom is -0.481 e. The molecular formula is C12H19N3O3S. The first-order valence-electron chi connectivity index (χ1n) is 6.08. The Balaban J connectivity index is 2.43. The minimum absolute atomic E-state index is 0.0279. The number of carboxylic acids is 1. The molecule has 0 atom stereocenters. The average Bonchev–Trinajstić information content (AvgIpc) is 2.66. The molecular weight excluding hydrogens is 266 g/mol. The highest BCUT2D eigenvalue weighted by molar-refractivity contribution is 7.15. The van der Waals surface area contributed by atoms with Gasteiger partial charge in [-0.25, -0.2) is 4.98 Å². The average molecular weight is 285 g/mol. The Bertz CT molecular complexity index is 459. The number of aryl methyl sites for hydroxylation is 2. The SMILES string of the molecule is CCc1nc(NC(=O)CN(C)CCC(=O)O)sc1C. The van der Waals surface area contributed by atoms with Gasteiger partial charge in [0.25, 0.3) is 0 Å². The Kier molecular flexibility index (Phi) is 5.91. The van der Waals surface area contributed by atoms with Crippen molar-refractivity contribution in [3.8, 4) is 0 Å². The largest absolute Gasteiger partial charge is 0.481 e. The van der Waals surface area contributed by atoms with Crippen molar-refractivity contribution in [1.82, 2.24) is 9.88 Å². The van der Waals surface area contributed by atoms with Crippen LogP contribution in [0.1, 0.15) is 23.9 Å². The fourth-order valence-electron chi connectivity index (χ4n) is 1.58. The molecule has 1 heterocycles. The Morgan fingerprint density at radius 1 is 1.47 bits per heavy atom. The van der Waals surface area contributed by atoms with Gasteiger partial charge in [-0.15, -0.1) is 11.3 Å². The van der Waals surface area contributed by atoms with E-state index in [1.54, 1.807) is 11.9 Å². The molecule has 0 saturated heterocycles. The maximum Gasteiger partial charge on any atom is 0.304 e. The van der Waals surface area contributed by atoms with Crippen LogP contribution in [-0.4, -0.2) is 47.0 Å². The number of anilines is 1. The Hall–Kier alpha value is -1.47. The number of carboxylic acid groups (broad SMARTS) is 1. The smallest absolute Gasteiger partial charge is 0.304 e. The zero-order valence-corrected chi connectivity index (χ0v) is 12.2. The normalized spacial score (nSPS) is 10.7. The molecule has 0 aliphatic rings. The summed E-state index contributed by atoms with van der Waals surface area (Å²) in [6.45, 7) is 4.51. The molecule has 0 radical (unpaired) electrons. The number of carbonyl (C=O) groups is 2. The molecule has 1 amide bonds. The number of rotatable bonds is 7. The van der Waals surface area contributed by atoms with Gasteiger partial charge >= 0.3 is 5.97 Å². The highest BCUT2D eigenvalue weighted by Gasteiger charge is 2.11. The van der Waals surface area contributed by atoms with Gasteiger partial charge in [0.15, 0.2) is 5.13 Å². The molecule has 19 heavy (non-hydrogen) atoms. The van der Waals surface area contributed by atoms with Crippen LogP contribution < -0.4 is 5.32 Å². The number of nitrogens with zero attached hydrogens (tertiary/aromatic N) is 2. The maximum absolute atomic E-state index is 11.7. The lowest BCUT2D eigenvalue weighted by Crippen LogP contribution is -2.31. The highest BCUT2D eigenvalue weighted by atomic mass is 32.1. The van der Waals surface area contributed by atoms with E-state index in [1.807, 2.05) is 13.8 Å². The zero-order chi connectivity index (χ0) is 14.4. The van der Waals surface area contributed by atoms with Crippen LogP contribution in [-0.2, 0) is 16.0 Å². The summed E-state index contributed by atoms with van der Waals surface area (Å²) >= 11 is 1.46. The molecule has 0 fully saturated rings. The van der Waals surface area contributed by atoms with Gasteiger partial charge in [0.2, 0.25) is 5.91 Å². The van der Waals surface area contributed by atoms with Gasteiger partial charge in [-0.2, -0.15) is 0 Å². The summed E-state index contributed by atoms with van der Waals surface area (Å²) in [5.41, 5.74) is 1.000. The number of hydrogen-bond donors (Lipinski definition) is 2. The number of carbonyl (C=O) groups excluding carboxylic acids is 1. The number of likely N-dealkylation sites (N-methyl/N-ethyl adjacent to an activating group) is 1. The zero-order valence-electron chi connectivity index (χ0n) is 11.4. The van der Waals surface area contributed by atoms with E-state index < -0.39 is 5.97 Å². The van der Waals surface area contributed by atoms with Crippen LogP contribution >= 0.6 is 11.3 Å². The summed E-state index contributed by atoms with van der Waals surface area (Å²) in [6, 6.07) is 0. The third-order valence-corrected chi connectivity index (χ3v) is 3.52. The van der Waals surface area contributed by atoms with Crippen LogP contribution in [0.4, 0.5) is 5.13 Å². The van der Waals surface area contributed by atoms with E-state index in [1.165, 1.54) is 11.3 Å². The summed E-state index contributed by atoms with van der Waals surface area (Å²) in [7, 11) is 1.72. The second kappa shape index (κ2) is 7.20. The van der Waals surface area contributed by atoms with E-state index in [2.05, 4.69) is 10.3 Å². The van der Waals surface area contributed by atoms with E-state index in [0.29, 0.717) is 11.7 Å². The number of hydrogen-bond acceptors (Lipinski definition) is 5. The van der Waals surface area contributed by atoms with Crippen molar-refractivity contribution in [2.75, 3.05) is 25.5 Å². The van der Waals surface area contributed by atoms with Gasteiger partial charge in [-0.05, 0) is 20.4 Å². The Labute approximate surface area is 116 Å². The fourth-order valence-corrected chi connectivity index (χ4v) is 2.50. The monoisotopic (exact) mass is 285 g/mol. The fraction of sp³-hybridized carbons (Fsp3) is 0.583. The molecule has 106 valence electrons. The molecule has 6 nitrogen and oxygen atoms in total. The summed E-state index contributed by atoms with van der Waals surface area (Å²) in [5.74, 6) is -1.04. The second-order valence-electron chi connectivity index (χ2n) is 4.31. The van der Waals surface area contributed by atoms with Crippen LogP contribution in [0.15, 0.2) is 0 Å². The molecule has 0 spiro atoms. The number of nitrogens with one attached hydrogen (secondary N) is 1. The minimum atomic E-state index is -0.865. The molecule has 0 aliphatic carbocycles. The van der Waals surface area contributed by atoms with Crippen molar-refractivity contribution in [2.45, 2.75) is 26.7 Å². The first kappa shape index (κ1) is 15.6. The lowest BCUT2D eigenvalue weighted by molar-refractivity contribution is -0.137. The van der Waals surface area contributed by atoms with Crippen LogP contribution in [0.25, 0.3) is 0 Å². The van der Waals surface area contributed by atoms with E-state index >= 15 is 0 Å². The lowest BCUT2D eigenvalue weighted by Gasteiger charge is -2.13. The number of aliphatic carboxylic acids is 1. The summed E-state index contributed by atoms with van der Waals surface area (Å²) in [5, 5.41) is 11.9. The Morgan fingerprint density at radius 2 is 2.16 bits per heavy atom. The van der Waals surface area contributed by atoms with Gasteiger partial charge in [0, 0.05) is 11.4 Å². The topological polar surface area (TPSA) is 82.5 Å². The van der Waals surface area contributed by atoms with Gasteiger partial charge in [-0.3, -0.25) is 14.5 Å². The number of aromatic nitrogens is 1. The Morgan fingerprint density at radius 3 is 2.68 bits per heavy atom. The van der Waals surface area contributed by atoms with Gasteiger partial charge in [-0.1, -0.05) is 6.92 Å².